The van der Waals surface area contributed by atoms with E-state index in [4.69, 9.17) is 4.99 Å². The molecule has 1 aliphatic heterocycles. The van der Waals surface area contributed by atoms with E-state index in [2.05, 4.69) is 34.5 Å². The van der Waals surface area contributed by atoms with Crippen LogP contribution in [-0.2, 0) is 17.9 Å². The molecule has 1 amide bonds. The maximum Gasteiger partial charge on any atom is 0.246 e. The van der Waals surface area contributed by atoms with Crippen molar-refractivity contribution in [3.8, 4) is 0 Å². The molecule has 1 atom stereocenters. The predicted molar refractivity (Wildman–Crippen MR) is 112 cm³/mol. The van der Waals surface area contributed by atoms with E-state index in [0.29, 0.717) is 12.5 Å². The Balaban J connectivity index is 1.62. The number of nitrogens with zero attached hydrogens (tertiary/aromatic N) is 4. The van der Waals surface area contributed by atoms with Crippen LogP contribution in [0.25, 0.3) is 0 Å². The summed E-state index contributed by atoms with van der Waals surface area (Å²) in [5, 5.41) is 10.4. The number of guanidine groups is 1. The van der Waals surface area contributed by atoms with Gasteiger partial charge in [0.15, 0.2) is 5.96 Å². The summed E-state index contributed by atoms with van der Waals surface area (Å²) in [6.45, 7) is 8.13. The van der Waals surface area contributed by atoms with Crippen LogP contribution in [0.3, 0.4) is 0 Å². The standard InChI is InChI=1S/C21H30N6O/c1-3-22-21(26-11-5-7-17(2)15-26)23-14-18-8-4-9-19(13-18)25-20(28)16-27-12-6-10-24-27/h4,6,8-10,12-13,17H,3,5,7,11,14-16H2,1-2H3,(H,22,23)(H,25,28). The first-order valence-corrected chi connectivity index (χ1v) is 10.0. The van der Waals surface area contributed by atoms with Gasteiger partial charge in [-0.1, -0.05) is 19.1 Å². The van der Waals surface area contributed by atoms with Gasteiger partial charge in [-0.15, -0.1) is 0 Å². The molecule has 28 heavy (non-hydrogen) atoms. The lowest BCUT2D eigenvalue weighted by Crippen LogP contribution is -2.46. The van der Waals surface area contributed by atoms with Gasteiger partial charge in [0.25, 0.3) is 0 Å². The molecule has 1 unspecified atom stereocenters. The molecule has 1 fully saturated rings. The molecular weight excluding hydrogens is 352 g/mol. The van der Waals surface area contributed by atoms with Crippen LogP contribution in [0.4, 0.5) is 5.69 Å². The van der Waals surface area contributed by atoms with Crippen LogP contribution >= 0.6 is 0 Å². The lowest BCUT2D eigenvalue weighted by molar-refractivity contribution is -0.116. The van der Waals surface area contributed by atoms with Crippen molar-refractivity contribution in [2.75, 3.05) is 25.0 Å². The highest BCUT2D eigenvalue weighted by molar-refractivity contribution is 5.90. The topological polar surface area (TPSA) is 74.5 Å². The highest BCUT2D eigenvalue weighted by Gasteiger charge is 2.19. The van der Waals surface area contributed by atoms with Crippen molar-refractivity contribution < 1.29 is 4.79 Å². The van der Waals surface area contributed by atoms with E-state index in [1.54, 1.807) is 23.1 Å². The molecule has 7 heteroatoms. The molecule has 0 radical (unpaired) electrons. The molecule has 0 bridgehead atoms. The Bertz CT molecular complexity index is 786. The van der Waals surface area contributed by atoms with Gasteiger partial charge in [-0.2, -0.15) is 5.10 Å². The molecule has 2 aromatic rings. The monoisotopic (exact) mass is 382 g/mol. The van der Waals surface area contributed by atoms with Gasteiger partial charge in [-0.25, -0.2) is 4.99 Å². The highest BCUT2D eigenvalue weighted by Crippen LogP contribution is 2.16. The van der Waals surface area contributed by atoms with E-state index in [0.717, 1.165) is 36.8 Å². The molecule has 3 rings (SSSR count). The Hall–Kier alpha value is -2.83. The van der Waals surface area contributed by atoms with Crippen molar-refractivity contribution in [2.24, 2.45) is 10.9 Å². The summed E-state index contributed by atoms with van der Waals surface area (Å²) >= 11 is 0. The van der Waals surface area contributed by atoms with Gasteiger partial charge in [-0.3, -0.25) is 9.48 Å². The van der Waals surface area contributed by atoms with Gasteiger partial charge in [-0.05, 0) is 49.4 Å². The van der Waals surface area contributed by atoms with Crippen LogP contribution in [0.1, 0.15) is 32.3 Å². The largest absolute Gasteiger partial charge is 0.357 e. The zero-order valence-electron chi connectivity index (χ0n) is 16.8. The lowest BCUT2D eigenvalue weighted by atomic mass is 10.0. The Kier molecular flexibility index (Phi) is 7.06. The van der Waals surface area contributed by atoms with Gasteiger partial charge >= 0.3 is 0 Å². The number of benzene rings is 1. The number of anilines is 1. The van der Waals surface area contributed by atoms with E-state index in [1.165, 1.54) is 12.8 Å². The predicted octanol–water partition coefficient (Wildman–Crippen LogP) is 2.72. The highest BCUT2D eigenvalue weighted by atomic mass is 16.2. The number of likely N-dealkylation sites (tertiary alicyclic amines) is 1. The number of hydrogen-bond acceptors (Lipinski definition) is 3. The number of piperidine rings is 1. The Morgan fingerprint density at radius 3 is 3.00 bits per heavy atom. The van der Waals surface area contributed by atoms with Gasteiger partial charge in [0.05, 0.1) is 6.54 Å². The maximum absolute atomic E-state index is 12.2. The molecule has 2 heterocycles. The average molecular weight is 383 g/mol. The van der Waals surface area contributed by atoms with Crippen molar-refractivity contribution in [1.82, 2.24) is 20.0 Å². The number of aromatic nitrogens is 2. The minimum Gasteiger partial charge on any atom is -0.357 e. The lowest BCUT2D eigenvalue weighted by Gasteiger charge is -2.33. The number of aliphatic imine (C=N–C) groups is 1. The smallest absolute Gasteiger partial charge is 0.246 e. The van der Waals surface area contributed by atoms with E-state index in [9.17, 15) is 4.79 Å². The summed E-state index contributed by atoms with van der Waals surface area (Å²) in [7, 11) is 0. The number of amides is 1. The quantitative estimate of drug-likeness (QED) is 0.595. The third-order valence-corrected chi connectivity index (χ3v) is 4.78. The van der Waals surface area contributed by atoms with Gasteiger partial charge < -0.3 is 15.5 Å². The number of carbonyl (C=O) groups is 1. The maximum atomic E-state index is 12.2. The normalized spacial score (nSPS) is 17.4. The number of nitrogens with one attached hydrogen (secondary N) is 2. The van der Waals surface area contributed by atoms with Crippen molar-refractivity contribution in [3.05, 3.63) is 48.3 Å². The molecule has 0 saturated carbocycles. The van der Waals surface area contributed by atoms with Crippen LogP contribution in [0.5, 0.6) is 0 Å². The third-order valence-electron chi connectivity index (χ3n) is 4.78. The molecule has 1 aromatic heterocycles. The van der Waals surface area contributed by atoms with Gasteiger partial charge in [0, 0.05) is 37.7 Å². The minimum absolute atomic E-state index is 0.0972. The number of rotatable bonds is 6. The SMILES string of the molecule is CCNC(=NCc1cccc(NC(=O)Cn2cccn2)c1)N1CCCC(C)C1. The summed E-state index contributed by atoms with van der Waals surface area (Å²) in [5.74, 6) is 1.58. The van der Waals surface area contributed by atoms with Crippen LogP contribution in [0, 0.1) is 5.92 Å². The van der Waals surface area contributed by atoms with E-state index in [1.807, 2.05) is 24.3 Å². The summed E-state index contributed by atoms with van der Waals surface area (Å²) in [6, 6.07) is 9.66. The first-order chi connectivity index (χ1) is 13.6. The molecule has 150 valence electrons. The summed E-state index contributed by atoms with van der Waals surface area (Å²) in [6.07, 6.45) is 5.94. The molecule has 1 aliphatic rings. The van der Waals surface area contributed by atoms with E-state index >= 15 is 0 Å². The van der Waals surface area contributed by atoms with E-state index in [-0.39, 0.29) is 12.5 Å². The second-order valence-corrected chi connectivity index (χ2v) is 7.32. The van der Waals surface area contributed by atoms with Crippen LogP contribution in [-0.4, -0.2) is 46.2 Å². The average Bonchev–Trinajstić information content (AvgIpc) is 3.18. The number of carbonyl (C=O) groups excluding carboxylic acids is 1. The van der Waals surface area contributed by atoms with Crippen LogP contribution < -0.4 is 10.6 Å². The fourth-order valence-corrected chi connectivity index (χ4v) is 3.46. The molecular formula is C21H30N6O. The Labute approximate surface area is 166 Å². The van der Waals surface area contributed by atoms with Crippen LogP contribution in [0.2, 0.25) is 0 Å². The van der Waals surface area contributed by atoms with Crippen molar-refractivity contribution >= 4 is 17.6 Å². The fraction of sp³-hybridized carbons (Fsp3) is 0.476. The second kappa shape index (κ2) is 9.92. The molecule has 7 nitrogen and oxygen atoms in total. The minimum atomic E-state index is -0.0972. The Morgan fingerprint density at radius 2 is 2.25 bits per heavy atom. The first-order valence-electron chi connectivity index (χ1n) is 10.0. The van der Waals surface area contributed by atoms with E-state index < -0.39 is 0 Å². The molecule has 1 aromatic carbocycles. The summed E-state index contributed by atoms with van der Waals surface area (Å²) < 4.78 is 1.60. The third kappa shape index (κ3) is 5.84. The number of hydrogen-bond donors (Lipinski definition) is 2. The fourth-order valence-electron chi connectivity index (χ4n) is 3.46. The zero-order valence-corrected chi connectivity index (χ0v) is 16.8. The zero-order chi connectivity index (χ0) is 19.8. The van der Waals surface area contributed by atoms with Gasteiger partial charge in [0.1, 0.15) is 6.54 Å². The van der Waals surface area contributed by atoms with Crippen LogP contribution in [0.15, 0.2) is 47.7 Å². The first kappa shape index (κ1) is 19.9. The Morgan fingerprint density at radius 1 is 1.36 bits per heavy atom. The molecule has 2 N–H and O–H groups in total. The molecule has 1 saturated heterocycles. The van der Waals surface area contributed by atoms with Gasteiger partial charge in [0.2, 0.25) is 5.91 Å². The molecule has 0 spiro atoms. The van der Waals surface area contributed by atoms with Crippen molar-refractivity contribution in [3.63, 3.8) is 0 Å². The second-order valence-electron chi connectivity index (χ2n) is 7.32. The molecule has 0 aliphatic carbocycles. The summed E-state index contributed by atoms with van der Waals surface area (Å²) in [4.78, 5) is 19.3. The summed E-state index contributed by atoms with van der Waals surface area (Å²) in [5.41, 5.74) is 1.85. The van der Waals surface area contributed by atoms with Crippen molar-refractivity contribution in [2.45, 2.75) is 39.8 Å². The van der Waals surface area contributed by atoms with Crippen molar-refractivity contribution in [1.29, 1.82) is 0 Å².